The zero-order valence-corrected chi connectivity index (χ0v) is 15.7. The van der Waals surface area contributed by atoms with Crippen LogP contribution >= 0.6 is 0 Å². The Hall–Kier alpha value is -1.12. The molecule has 2 heteroatoms. The highest BCUT2D eigenvalue weighted by molar-refractivity contribution is 5.03. The second-order valence-corrected chi connectivity index (χ2v) is 6.36. The van der Waals surface area contributed by atoms with Crippen molar-refractivity contribution in [3.63, 3.8) is 0 Å². The van der Waals surface area contributed by atoms with Gasteiger partial charge in [-0.05, 0) is 38.5 Å². The molecule has 0 aromatic heterocycles. The lowest BCUT2D eigenvalue weighted by Gasteiger charge is -2.28. The summed E-state index contributed by atoms with van der Waals surface area (Å²) in [6, 6.07) is 0. The maximum Gasteiger partial charge on any atom is 0.0654 e. The molecule has 0 radical (unpaired) electrons. The summed E-state index contributed by atoms with van der Waals surface area (Å²) in [5, 5.41) is 0. The van der Waals surface area contributed by atoms with Gasteiger partial charge in [-0.2, -0.15) is 0 Å². The van der Waals surface area contributed by atoms with Gasteiger partial charge in [-0.15, -0.1) is 0 Å². The van der Waals surface area contributed by atoms with Gasteiger partial charge in [0.15, 0.2) is 0 Å². The number of allylic oxidation sites excluding steroid dienone is 6. The predicted octanol–water partition coefficient (Wildman–Crippen LogP) is 6.16. The van der Waals surface area contributed by atoms with E-state index in [1.54, 1.807) is 0 Å². The van der Waals surface area contributed by atoms with E-state index in [9.17, 15) is 0 Å². The van der Waals surface area contributed by atoms with E-state index < -0.39 is 0 Å². The van der Waals surface area contributed by atoms with Crippen molar-refractivity contribution in [3.8, 4) is 0 Å². The van der Waals surface area contributed by atoms with Gasteiger partial charge in [0.2, 0.25) is 0 Å². The molecule has 1 aliphatic carbocycles. The third-order valence-electron chi connectivity index (χ3n) is 4.15. The standard InChI is InChI=1S/C22H36O2/c1-3-5-7-9-11-13-19-23-21-15-17-22(18-16-21)24-20-14-12-10-8-6-4-2/h7-14,21-22H,3-6,15-20H2,1-2H3. The molecular weight excluding hydrogens is 296 g/mol. The molecule has 0 N–H and O–H groups in total. The summed E-state index contributed by atoms with van der Waals surface area (Å²) in [5.74, 6) is 0. The van der Waals surface area contributed by atoms with E-state index in [1.165, 1.54) is 12.8 Å². The fraction of sp³-hybridized carbons (Fsp3) is 0.636. The summed E-state index contributed by atoms with van der Waals surface area (Å²) in [5.41, 5.74) is 0. The second-order valence-electron chi connectivity index (χ2n) is 6.36. The highest BCUT2D eigenvalue weighted by Gasteiger charge is 2.21. The Balaban J connectivity index is 2.03. The highest BCUT2D eigenvalue weighted by atomic mass is 16.5. The molecule has 24 heavy (non-hydrogen) atoms. The Morgan fingerprint density at radius 1 is 0.625 bits per heavy atom. The average molecular weight is 333 g/mol. The minimum Gasteiger partial charge on any atom is -0.374 e. The highest BCUT2D eigenvalue weighted by Crippen LogP contribution is 2.23. The quantitative estimate of drug-likeness (QED) is 0.399. The van der Waals surface area contributed by atoms with Crippen molar-refractivity contribution in [1.82, 2.24) is 0 Å². The van der Waals surface area contributed by atoms with Crippen molar-refractivity contribution in [2.75, 3.05) is 13.2 Å². The molecule has 0 spiro atoms. The zero-order chi connectivity index (χ0) is 17.3. The van der Waals surface area contributed by atoms with Gasteiger partial charge in [0.25, 0.3) is 0 Å². The van der Waals surface area contributed by atoms with Crippen molar-refractivity contribution < 1.29 is 9.47 Å². The van der Waals surface area contributed by atoms with E-state index >= 15 is 0 Å². The summed E-state index contributed by atoms with van der Waals surface area (Å²) in [4.78, 5) is 0. The fourth-order valence-electron chi connectivity index (χ4n) is 2.70. The van der Waals surface area contributed by atoms with Crippen molar-refractivity contribution >= 4 is 0 Å². The third-order valence-corrected chi connectivity index (χ3v) is 4.15. The molecule has 2 nitrogen and oxygen atoms in total. The first-order valence-corrected chi connectivity index (χ1v) is 9.73. The molecule has 0 saturated heterocycles. The average Bonchev–Trinajstić information content (AvgIpc) is 2.61. The Morgan fingerprint density at radius 3 is 1.38 bits per heavy atom. The fourth-order valence-corrected chi connectivity index (χ4v) is 2.70. The van der Waals surface area contributed by atoms with E-state index in [4.69, 9.17) is 9.47 Å². The van der Waals surface area contributed by atoms with Crippen LogP contribution in [0.4, 0.5) is 0 Å². The molecule has 0 heterocycles. The van der Waals surface area contributed by atoms with Crippen molar-refractivity contribution in [3.05, 3.63) is 48.6 Å². The maximum atomic E-state index is 5.92. The summed E-state index contributed by atoms with van der Waals surface area (Å²) in [7, 11) is 0. The van der Waals surface area contributed by atoms with Crippen LogP contribution in [-0.4, -0.2) is 25.4 Å². The van der Waals surface area contributed by atoms with Crippen molar-refractivity contribution in [2.24, 2.45) is 0 Å². The minimum atomic E-state index is 0.404. The molecule has 0 atom stereocenters. The zero-order valence-electron chi connectivity index (χ0n) is 15.7. The van der Waals surface area contributed by atoms with E-state index in [0.29, 0.717) is 12.2 Å². The Kier molecular flexibility index (Phi) is 13.4. The van der Waals surface area contributed by atoms with Gasteiger partial charge in [0, 0.05) is 0 Å². The lowest BCUT2D eigenvalue weighted by Crippen LogP contribution is -2.26. The van der Waals surface area contributed by atoms with Crippen LogP contribution in [-0.2, 0) is 9.47 Å². The normalized spacial score (nSPS) is 22.6. The molecule has 0 aromatic carbocycles. The monoisotopic (exact) mass is 332 g/mol. The van der Waals surface area contributed by atoms with Crippen molar-refractivity contribution in [1.29, 1.82) is 0 Å². The van der Waals surface area contributed by atoms with Gasteiger partial charge in [-0.1, -0.05) is 75.3 Å². The molecule has 1 saturated carbocycles. The van der Waals surface area contributed by atoms with Crippen LogP contribution < -0.4 is 0 Å². The molecule has 0 amide bonds. The summed E-state index contributed by atoms with van der Waals surface area (Å²) in [6.45, 7) is 5.83. The molecule has 0 aliphatic heterocycles. The lowest BCUT2D eigenvalue weighted by molar-refractivity contribution is -0.0163. The topological polar surface area (TPSA) is 18.5 Å². The summed E-state index contributed by atoms with van der Waals surface area (Å²) >= 11 is 0. The number of unbranched alkanes of at least 4 members (excludes halogenated alkanes) is 2. The summed E-state index contributed by atoms with van der Waals surface area (Å²) < 4.78 is 11.8. The van der Waals surface area contributed by atoms with Gasteiger partial charge >= 0.3 is 0 Å². The minimum absolute atomic E-state index is 0.404. The van der Waals surface area contributed by atoms with E-state index in [-0.39, 0.29) is 0 Å². The number of rotatable bonds is 12. The molecule has 0 aromatic rings. The molecule has 0 bridgehead atoms. The van der Waals surface area contributed by atoms with Gasteiger partial charge in [-0.3, -0.25) is 0 Å². The van der Waals surface area contributed by atoms with Crippen LogP contribution in [0.2, 0.25) is 0 Å². The maximum absolute atomic E-state index is 5.92. The smallest absolute Gasteiger partial charge is 0.0654 e. The van der Waals surface area contributed by atoms with Gasteiger partial charge in [0.1, 0.15) is 0 Å². The van der Waals surface area contributed by atoms with E-state index in [1.807, 2.05) is 0 Å². The molecule has 0 unspecified atom stereocenters. The van der Waals surface area contributed by atoms with E-state index in [0.717, 1.165) is 51.7 Å². The molecule has 1 rings (SSSR count). The SMILES string of the molecule is CCCC=CC=CCOC1CCC(OCC=CC=CCCC)CC1. The third kappa shape index (κ3) is 11.4. The van der Waals surface area contributed by atoms with Gasteiger partial charge in [-0.25, -0.2) is 0 Å². The first-order valence-electron chi connectivity index (χ1n) is 9.73. The molecular formula is C22H36O2. The van der Waals surface area contributed by atoms with Crippen LogP contribution in [0.25, 0.3) is 0 Å². The first-order chi connectivity index (χ1) is 11.9. The number of hydrogen-bond acceptors (Lipinski definition) is 2. The Bertz CT molecular complexity index is 347. The summed E-state index contributed by atoms with van der Waals surface area (Å²) in [6.07, 6.45) is 27.0. The Labute approximate surface area is 149 Å². The Morgan fingerprint density at radius 2 is 1.00 bits per heavy atom. The lowest BCUT2D eigenvalue weighted by atomic mass is 9.95. The molecule has 1 fully saturated rings. The van der Waals surface area contributed by atoms with Crippen LogP contribution in [0.1, 0.15) is 65.2 Å². The second kappa shape index (κ2) is 15.4. The van der Waals surface area contributed by atoms with Crippen LogP contribution in [0.3, 0.4) is 0 Å². The van der Waals surface area contributed by atoms with Crippen LogP contribution in [0.5, 0.6) is 0 Å². The largest absolute Gasteiger partial charge is 0.374 e. The predicted molar refractivity (Wildman–Crippen MR) is 104 cm³/mol. The molecule has 1 aliphatic rings. The van der Waals surface area contributed by atoms with Crippen LogP contribution in [0.15, 0.2) is 48.6 Å². The van der Waals surface area contributed by atoms with E-state index in [2.05, 4.69) is 62.5 Å². The van der Waals surface area contributed by atoms with Gasteiger partial charge < -0.3 is 9.47 Å². The van der Waals surface area contributed by atoms with Crippen LogP contribution in [0, 0.1) is 0 Å². The number of hydrogen-bond donors (Lipinski definition) is 0. The van der Waals surface area contributed by atoms with Gasteiger partial charge in [0.05, 0.1) is 25.4 Å². The first kappa shape index (κ1) is 20.9. The molecule has 136 valence electrons. The van der Waals surface area contributed by atoms with Crippen molar-refractivity contribution in [2.45, 2.75) is 77.4 Å². The number of ether oxygens (including phenoxy) is 2.